The first kappa shape index (κ1) is 21.1. The van der Waals surface area contributed by atoms with Crippen LogP contribution in [0.5, 0.6) is 5.75 Å². The topological polar surface area (TPSA) is 84.7 Å². The summed E-state index contributed by atoms with van der Waals surface area (Å²) in [4.78, 5) is 30.8. The van der Waals surface area contributed by atoms with Crippen LogP contribution in [0.1, 0.15) is 22.6 Å². The van der Waals surface area contributed by atoms with Gasteiger partial charge in [-0.3, -0.25) is 14.3 Å². The molecule has 1 aromatic carbocycles. The number of fused-ring (bicyclic) bond motifs is 3. The van der Waals surface area contributed by atoms with E-state index in [9.17, 15) is 19.1 Å². The quantitative estimate of drug-likeness (QED) is 0.477. The van der Waals surface area contributed by atoms with Crippen LogP contribution in [0.4, 0.5) is 9.18 Å². The Hall–Kier alpha value is -3.72. The van der Waals surface area contributed by atoms with E-state index in [0.717, 1.165) is 40.4 Å². The molecule has 168 valence electrons. The zero-order chi connectivity index (χ0) is 22.9. The summed E-state index contributed by atoms with van der Waals surface area (Å²) in [6.45, 7) is 1.06. The second-order valence-electron chi connectivity index (χ2n) is 7.82. The molecule has 0 saturated carbocycles. The van der Waals surface area contributed by atoms with Gasteiger partial charge in [0.1, 0.15) is 18.2 Å². The summed E-state index contributed by atoms with van der Waals surface area (Å²) in [5.74, 6) is -0.0141. The number of carbonyl (C=O) groups is 1. The second-order valence-corrected chi connectivity index (χ2v) is 8.96. The number of amides is 1. The van der Waals surface area contributed by atoms with Crippen molar-refractivity contribution in [2.24, 2.45) is 0 Å². The summed E-state index contributed by atoms with van der Waals surface area (Å²) >= 11 is 1.66. The van der Waals surface area contributed by atoms with Crippen LogP contribution in [0.2, 0.25) is 0 Å². The predicted molar refractivity (Wildman–Crippen MR) is 123 cm³/mol. The maximum Gasteiger partial charge on any atom is 0.407 e. The third kappa shape index (κ3) is 4.31. The van der Waals surface area contributed by atoms with Crippen LogP contribution < -0.4 is 10.3 Å². The Labute approximate surface area is 192 Å². The SMILES string of the molecule is O=C(O)N1CCCc2sc3cc(-n4ccc(OCc5ccc(F)cn5)cc4=O)ccc3c2C1. The number of carboxylic acid groups (broad SMARTS) is 1. The molecule has 0 bridgehead atoms. The maximum absolute atomic E-state index is 13.0. The fourth-order valence-electron chi connectivity index (χ4n) is 3.99. The fraction of sp³-hybridized carbons (Fsp3) is 0.208. The molecule has 0 atom stereocenters. The van der Waals surface area contributed by atoms with E-state index < -0.39 is 11.9 Å². The number of benzene rings is 1. The minimum Gasteiger partial charge on any atom is -0.487 e. The van der Waals surface area contributed by atoms with Gasteiger partial charge in [-0.05, 0) is 54.1 Å². The number of ether oxygens (including phenoxy) is 1. The summed E-state index contributed by atoms with van der Waals surface area (Å²) in [5, 5.41) is 10.5. The molecule has 0 radical (unpaired) electrons. The summed E-state index contributed by atoms with van der Waals surface area (Å²) in [6, 6.07) is 11.7. The molecule has 0 spiro atoms. The van der Waals surface area contributed by atoms with E-state index >= 15 is 0 Å². The number of hydrogen-bond acceptors (Lipinski definition) is 5. The average molecular weight is 466 g/mol. The Bertz CT molecular complexity index is 1400. The van der Waals surface area contributed by atoms with E-state index in [1.807, 2.05) is 18.2 Å². The Morgan fingerprint density at radius 2 is 2.09 bits per heavy atom. The highest BCUT2D eigenvalue weighted by Gasteiger charge is 2.22. The zero-order valence-electron chi connectivity index (χ0n) is 17.5. The van der Waals surface area contributed by atoms with Gasteiger partial charge in [0.2, 0.25) is 0 Å². The van der Waals surface area contributed by atoms with Crippen molar-refractivity contribution in [1.82, 2.24) is 14.5 Å². The van der Waals surface area contributed by atoms with Gasteiger partial charge in [-0.2, -0.15) is 0 Å². The van der Waals surface area contributed by atoms with Gasteiger partial charge in [-0.25, -0.2) is 9.18 Å². The van der Waals surface area contributed by atoms with Crippen molar-refractivity contribution in [3.8, 4) is 11.4 Å². The maximum atomic E-state index is 13.0. The molecule has 4 aromatic rings. The van der Waals surface area contributed by atoms with Crippen molar-refractivity contribution in [3.05, 3.63) is 87.2 Å². The van der Waals surface area contributed by atoms with Gasteiger partial charge in [-0.1, -0.05) is 6.07 Å². The van der Waals surface area contributed by atoms with Crippen molar-refractivity contribution in [2.75, 3.05) is 6.54 Å². The van der Waals surface area contributed by atoms with E-state index in [4.69, 9.17) is 4.74 Å². The van der Waals surface area contributed by atoms with E-state index in [1.54, 1.807) is 23.6 Å². The average Bonchev–Trinajstić information content (AvgIpc) is 2.99. The van der Waals surface area contributed by atoms with Gasteiger partial charge >= 0.3 is 6.09 Å². The lowest BCUT2D eigenvalue weighted by Gasteiger charge is -2.16. The number of halogens is 1. The minimum atomic E-state index is -0.900. The highest BCUT2D eigenvalue weighted by molar-refractivity contribution is 7.19. The lowest BCUT2D eigenvalue weighted by Crippen LogP contribution is -2.28. The summed E-state index contributed by atoms with van der Waals surface area (Å²) in [5.41, 5.74) is 2.11. The number of hydrogen-bond donors (Lipinski definition) is 1. The largest absolute Gasteiger partial charge is 0.487 e. The Morgan fingerprint density at radius 3 is 2.85 bits per heavy atom. The number of pyridine rings is 2. The first-order chi connectivity index (χ1) is 16.0. The fourth-order valence-corrected chi connectivity index (χ4v) is 5.28. The second kappa shape index (κ2) is 8.67. The molecule has 0 aliphatic carbocycles. The third-order valence-corrected chi connectivity index (χ3v) is 6.91. The van der Waals surface area contributed by atoms with Gasteiger partial charge in [0.25, 0.3) is 5.56 Å². The molecular formula is C24H20FN3O4S. The molecule has 7 nitrogen and oxygen atoms in total. The molecule has 1 amide bonds. The third-order valence-electron chi connectivity index (χ3n) is 5.66. The van der Waals surface area contributed by atoms with Gasteiger partial charge in [0, 0.05) is 28.4 Å². The predicted octanol–water partition coefficient (Wildman–Crippen LogP) is 4.59. The standard InChI is InChI=1S/C24H20FN3O4S/c25-15-3-4-16(26-12-15)14-32-18-7-9-28(23(29)11-18)17-5-6-19-20-13-27(24(30)31)8-1-2-21(20)33-22(19)10-17/h3-7,9-12H,1-2,8,13-14H2,(H,30,31). The first-order valence-corrected chi connectivity index (χ1v) is 11.3. The molecule has 5 rings (SSSR count). The van der Waals surface area contributed by atoms with Gasteiger partial charge in [0.15, 0.2) is 0 Å². The van der Waals surface area contributed by atoms with Crippen LogP contribution in [-0.2, 0) is 19.6 Å². The molecule has 3 aromatic heterocycles. The van der Waals surface area contributed by atoms with Crippen molar-refractivity contribution in [1.29, 1.82) is 0 Å². The van der Waals surface area contributed by atoms with Crippen molar-refractivity contribution in [2.45, 2.75) is 26.0 Å². The highest BCUT2D eigenvalue weighted by Crippen LogP contribution is 2.36. The van der Waals surface area contributed by atoms with Gasteiger partial charge < -0.3 is 14.7 Å². The Balaban J connectivity index is 1.39. The lowest BCUT2D eigenvalue weighted by atomic mass is 10.1. The first-order valence-electron chi connectivity index (χ1n) is 10.5. The zero-order valence-corrected chi connectivity index (χ0v) is 18.3. The van der Waals surface area contributed by atoms with Crippen LogP contribution in [0.25, 0.3) is 15.8 Å². The van der Waals surface area contributed by atoms with Gasteiger partial charge in [0.05, 0.1) is 24.1 Å². The van der Waals surface area contributed by atoms with Crippen molar-refractivity contribution >= 4 is 27.5 Å². The minimum absolute atomic E-state index is 0.129. The van der Waals surface area contributed by atoms with E-state index in [1.165, 1.54) is 32.5 Å². The van der Waals surface area contributed by atoms with Crippen LogP contribution in [0.15, 0.2) is 59.7 Å². The molecular weight excluding hydrogens is 445 g/mol. The van der Waals surface area contributed by atoms with Crippen LogP contribution in [-0.4, -0.2) is 32.2 Å². The van der Waals surface area contributed by atoms with Crippen LogP contribution in [0, 0.1) is 5.82 Å². The molecule has 0 saturated heterocycles. The number of aromatic nitrogens is 2. The van der Waals surface area contributed by atoms with E-state index in [0.29, 0.717) is 24.5 Å². The van der Waals surface area contributed by atoms with E-state index in [2.05, 4.69) is 4.98 Å². The highest BCUT2D eigenvalue weighted by atomic mass is 32.1. The number of thiophene rings is 1. The number of rotatable bonds is 4. The Morgan fingerprint density at radius 1 is 1.21 bits per heavy atom. The molecule has 9 heteroatoms. The normalized spacial score (nSPS) is 13.5. The molecule has 1 aliphatic heterocycles. The van der Waals surface area contributed by atoms with E-state index in [-0.39, 0.29) is 12.2 Å². The molecule has 1 aliphatic rings. The summed E-state index contributed by atoms with van der Waals surface area (Å²) in [7, 11) is 0. The van der Waals surface area contributed by atoms with Crippen molar-refractivity contribution in [3.63, 3.8) is 0 Å². The number of nitrogens with zero attached hydrogens (tertiary/aromatic N) is 3. The van der Waals surface area contributed by atoms with Crippen LogP contribution in [0.3, 0.4) is 0 Å². The number of aryl methyl sites for hydroxylation is 1. The monoisotopic (exact) mass is 465 g/mol. The van der Waals surface area contributed by atoms with Crippen LogP contribution >= 0.6 is 11.3 Å². The Kier molecular flexibility index (Phi) is 5.55. The molecule has 0 fully saturated rings. The molecule has 4 heterocycles. The summed E-state index contributed by atoms with van der Waals surface area (Å²) in [6.07, 6.45) is 3.52. The molecule has 33 heavy (non-hydrogen) atoms. The van der Waals surface area contributed by atoms with Gasteiger partial charge in [-0.15, -0.1) is 11.3 Å². The smallest absolute Gasteiger partial charge is 0.407 e. The summed E-state index contributed by atoms with van der Waals surface area (Å²) < 4.78 is 21.2. The molecule has 1 N–H and O–H groups in total. The lowest BCUT2D eigenvalue weighted by molar-refractivity contribution is 0.143. The van der Waals surface area contributed by atoms with Crippen molar-refractivity contribution < 1.29 is 19.0 Å². The molecule has 0 unspecified atom stereocenters.